The van der Waals surface area contributed by atoms with Gasteiger partial charge in [0.15, 0.2) is 0 Å². The van der Waals surface area contributed by atoms with E-state index in [1.165, 1.54) is 10.6 Å². The molecule has 29 heavy (non-hydrogen) atoms. The molecule has 0 N–H and O–H groups in total. The van der Waals surface area contributed by atoms with E-state index in [2.05, 4.69) is 39.3 Å². The summed E-state index contributed by atoms with van der Waals surface area (Å²) in [4.78, 5) is 27.5. The van der Waals surface area contributed by atoms with Gasteiger partial charge in [-0.1, -0.05) is 37.3 Å². The van der Waals surface area contributed by atoms with Crippen LogP contribution in [0.1, 0.15) is 43.6 Å². The maximum Gasteiger partial charge on any atom is 0.265 e. The Morgan fingerprint density at radius 3 is 2.52 bits per heavy atom. The van der Waals surface area contributed by atoms with Gasteiger partial charge in [-0.2, -0.15) is 0 Å². The van der Waals surface area contributed by atoms with E-state index in [4.69, 9.17) is 0 Å². The number of hydrogen-bond acceptors (Lipinski definition) is 6. The third kappa shape index (κ3) is 4.91. The van der Waals surface area contributed by atoms with Gasteiger partial charge in [0.2, 0.25) is 0 Å². The largest absolute Gasteiger partial charge is 0.335 e. The van der Waals surface area contributed by atoms with Crippen molar-refractivity contribution >= 4 is 28.6 Å². The standard InChI is InChI=1S/C22H26N4OS2/c1-3-19-24-18(15-28-19)14-25-9-11-26(12-10-25)22(27)21-16(2)23-20(29-21)13-17-7-5-4-6-8-17/h4-8,15H,3,9-14H2,1-2H3. The molecule has 1 amide bonds. The molecule has 0 bridgehead atoms. The Kier molecular flexibility index (Phi) is 6.37. The third-order valence-electron chi connectivity index (χ3n) is 5.18. The summed E-state index contributed by atoms with van der Waals surface area (Å²) in [6, 6.07) is 10.3. The molecule has 5 nitrogen and oxygen atoms in total. The SMILES string of the molecule is CCc1nc(CN2CCN(C(=O)c3sc(Cc4ccccc4)nc3C)CC2)cs1. The van der Waals surface area contributed by atoms with Crippen LogP contribution in [0, 0.1) is 6.92 Å². The summed E-state index contributed by atoms with van der Waals surface area (Å²) < 4.78 is 0. The second-order valence-electron chi connectivity index (χ2n) is 7.34. The molecule has 0 atom stereocenters. The highest BCUT2D eigenvalue weighted by Gasteiger charge is 2.25. The van der Waals surface area contributed by atoms with Crippen LogP contribution in [0.4, 0.5) is 0 Å². The average Bonchev–Trinajstić information content (AvgIpc) is 3.35. The molecular weight excluding hydrogens is 400 g/mol. The van der Waals surface area contributed by atoms with E-state index in [0.717, 1.165) is 66.8 Å². The lowest BCUT2D eigenvalue weighted by atomic mass is 10.2. The monoisotopic (exact) mass is 426 g/mol. The minimum Gasteiger partial charge on any atom is -0.335 e. The number of benzene rings is 1. The van der Waals surface area contributed by atoms with Crippen molar-refractivity contribution in [2.75, 3.05) is 26.2 Å². The summed E-state index contributed by atoms with van der Waals surface area (Å²) in [5.41, 5.74) is 3.22. The van der Waals surface area contributed by atoms with Gasteiger partial charge in [-0.05, 0) is 18.9 Å². The van der Waals surface area contributed by atoms with E-state index in [1.807, 2.05) is 30.0 Å². The Labute approximate surface area is 180 Å². The van der Waals surface area contributed by atoms with Crippen LogP contribution in [0.25, 0.3) is 0 Å². The van der Waals surface area contributed by atoms with Crippen molar-refractivity contribution in [3.05, 3.63) is 67.6 Å². The molecule has 0 spiro atoms. The van der Waals surface area contributed by atoms with Crippen LogP contribution in [0.5, 0.6) is 0 Å². The number of nitrogens with zero attached hydrogens (tertiary/aromatic N) is 4. The molecule has 1 aromatic carbocycles. The molecule has 1 aliphatic rings. The van der Waals surface area contributed by atoms with E-state index in [1.54, 1.807) is 22.7 Å². The number of amides is 1. The van der Waals surface area contributed by atoms with Gasteiger partial charge in [-0.15, -0.1) is 22.7 Å². The van der Waals surface area contributed by atoms with E-state index in [9.17, 15) is 4.79 Å². The molecule has 0 unspecified atom stereocenters. The van der Waals surface area contributed by atoms with E-state index in [-0.39, 0.29) is 5.91 Å². The second kappa shape index (κ2) is 9.15. The summed E-state index contributed by atoms with van der Waals surface area (Å²) in [6.07, 6.45) is 1.77. The number of thiazole rings is 2. The second-order valence-corrected chi connectivity index (χ2v) is 9.37. The van der Waals surface area contributed by atoms with Crippen molar-refractivity contribution < 1.29 is 4.79 Å². The Balaban J connectivity index is 1.34. The van der Waals surface area contributed by atoms with E-state index < -0.39 is 0 Å². The fourth-order valence-electron chi connectivity index (χ4n) is 3.56. The molecule has 3 aromatic rings. The molecule has 0 radical (unpaired) electrons. The third-order valence-corrected chi connectivity index (χ3v) is 7.37. The van der Waals surface area contributed by atoms with Gasteiger partial charge in [0, 0.05) is 44.5 Å². The van der Waals surface area contributed by atoms with Crippen molar-refractivity contribution in [1.82, 2.24) is 19.8 Å². The topological polar surface area (TPSA) is 49.3 Å². The summed E-state index contributed by atoms with van der Waals surface area (Å²) in [5.74, 6) is 0.126. The number of hydrogen-bond donors (Lipinski definition) is 0. The summed E-state index contributed by atoms with van der Waals surface area (Å²) >= 11 is 3.28. The minimum atomic E-state index is 0.126. The zero-order valence-corrected chi connectivity index (χ0v) is 18.6. The molecule has 2 aromatic heterocycles. The number of rotatable bonds is 6. The van der Waals surface area contributed by atoms with Gasteiger partial charge < -0.3 is 4.90 Å². The highest BCUT2D eigenvalue weighted by molar-refractivity contribution is 7.13. The predicted octanol–water partition coefficient (Wildman–Crippen LogP) is 4.02. The smallest absolute Gasteiger partial charge is 0.265 e. The normalized spacial score (nSPS) is 15.0. The van der Waals surface area contributed by atoms with Gasteiger partial charge in [-0.3, -0.25) is 9.69 Å². The maximum atomic E-state index is 13.1. The molecule has 4 rings (SSSR count). The Morgan fingerprint density at radius 2 is 1.83 bits per heavy atom. The van der Waals surface area contributed by atoms with Crippen molar-refractivity contribution in [2.45, 2.75) is 33.2 Å². The van der Waals surface area contributed by atoms with E-state index in [0.29, 0.717) is 0 Å². The number of carbonyl (C=O) groups excluding carboxylic acids is 1. The van der Waals surface area contributed by atoms with Crippen LogP contribution < -0.4 is 0 Å². The summed E-state index contributed by atoms with van der Waals surface area (Å²) in [5, 5.41) is 4.36. The van der Waals surface area contributed by atoms with Crippen LogP contribution in [0.3, 0.4) is 0 Å². The van der Waals surface area contributed by atoms with Crippen LogP contribution in [0.2, 0.25) is 0 Å². The molecule has 3 heterocycles. The predicted molar refractivity (Wildman–Crippen MR) is 119 cm³/mol. The van der Waals surface area contributed by atoms with E-state index >= 15 is 0 Å². The lowest BCUT2D eigenvalue weighted by Crippen LogP contribution is -2.48. The summed E-state index contributed by atoms with van der Waals surface area (Å²) in [7, 11) is 0. The number of aryl methyl sites for hydroxylation is 2. The number of carbonyl (C=O) groups is 1. The molecule has 0 aliphatic carbocycles. The first-order valence-corrected chi connectivity index (χ1v) is 11.8. The lowest BCUT2D eigenvalue weighted by Gasteiger charge is -2.34. The van der Waals surface area contributed by atoms with Crippen LogP contribution in [-0.2, 0) is 19.4 Å². The fraction of sp³-hybridized carbons (Fsp3) is 0.409. The van der Waals surface area contributed by atoms with Gasteiger partial charge in [0.25, 0.3) is 5.91 Å². The molecule has 1 saturated heterocycles. The average molecular weight is 427 g/mol. The highest BCUT2D eigenvalue weighted by Crippen LogP contribution is 2.23. The first kappa shape index (κ1) is 20.2. The zero-order valence-electron chi connectivity index (χ0n) is 16.9. The number of piperazine rings is 1. The molecule has 0 saturated carbocycles. The van der Waals surface area contributed by atoms with Gasteiger partial charge in [0.1, 0.15) is 4.88 Å². The molecule has 1 fully saturated rings. The van der Waals surface area contributed by atoms with Crippen molar-refractivity contribution in [3.63, 3.8) is 0 Å². The zero-order chi connectivity index (χ0) is 20.2. The van der Waals surface area contributed by atoms with Crippen LogP contribution in [-0.4, -0.2) is 51.9 Å². The fourth-order valence-corrected chi connectivity index (χ4v) is 5.37. The Morgan fingerprint density at radius 1 is 1.07 bits per heavy atom. The highest BCUT2D eigenvalue weighted by atomic mass is 32.1. The first-order valence-electron chi connectivity index (χ1n) is 10.1. The van der Waals surface area contributed by atoms with Crippen LogP contribution >= 0.6 is 22.7 Å². The Bertz CT molecular complexity index is 958. The van der Waals surface area contributed by atoms with Crippen molar-refractivity contribution in [1.29, 1.82) is 0 Å². The summed E-state index contributed by atoms with van der Waals surface area (Å²) in [6.45, 7) is 8.25. The molecule has 152 valence electrons. The minimum absolute atomic E-state index is 0.126. The molecule has 7 heteroatoms. The maximum absolute atomic E-state index is 13.1. The first-order chi connectivity index (χ1) is 14.1. The van der Waals surface area contributed by atoms with Crippen molar-refractivity contribution in [2.24, 2.45) is 0 Å². The van der Waals surface area contributed by atoms with Gasteiger partial charge in [-0.25, -0.2) is 9.97 Å². The van der Waals surface area contributed by atoms with Gasteiger partial charge in [0.05, 0.1) is 21.4 Å². The Hall–Kier alpha value is -2.09. The quantitative estimate of drug-likeness (QED) is 0.597. The van der Waals surface area contributed by atoms with Crippen molar-refractivity contribution in [3.8, 4) is 0 Å². The molecular formula is C22H26N4OS2. The van der Waals surface area contributed by atoms with Crippen LogP contribution in [0.15, 0.2) is 35.7 Å². The van der Waals surface area contributed by atoms with Gasteiger partial charge >= 0.3 is 0 Å². The number of aromatic nitrogens is 2. The molecule has 1 aliphatic heterocycles. The lowest BCUT2D eigenvalue weighted by molar-refractivity contribution is 0.0631.